The number of fused-ring (bicyclic) bond motifs is 2. The molecule has 1 saturated heterocycles. The monoisotopic (exact) mass is 654 g/mol. The first-order valence-electron chi connectivity index (χ1n) is 16.3. The SMILES string of the molecule is CCOCCOCCOCCOCCOCCOCCC(=O)N1CCC(n2nc(-c3cnc4[nH]ccc4c3)c3c(N)ncnc32)CC1. The second-order valence-corrected chi connectivity index (χ2v) is 11.0. The number of nitrogens with zero attached hydrogens (tertiary/aromatic N) is 6. The molecule has 0 unspecified atom stereocenters. The highest BCUT2D eigenvalue weighted by atomic mass is 16.6. The van der Waals surface area contributed by atoms with Crippen LogP contribution < -0.4 is 5.73 Å². The summed E-state index contributed by atoms with van der Waals surface area (Å²) in [6.45, 7) is 9.39. The van der Waals surface area contributed by atoms with Crippen LogP contribution in [0.5, 0.6) is 0 Å². The number of carbonyl (C=O) groups excluding carboxylic acids is 1. The number of nitrogens with two attached hydrogens (primary N) is 1. The number of nitrogen functional groups attached to an aromatic ring is 1. The minimum atomic E-state index is 0.0778. The minimum Gasteiger partial charge on any atom is -0.383 e. The van der Waals surface area contributed by atoms with Crippen molar-refractivity contribution >= 4 is 33.8 Å². The van der Waals surface area contributed by atoms with Gasteiger partial charge in [-0.3, -0.25) is 4.79 Å². The number of amides is 1. The lowest BCUT2D eigenvalue weighted by Gasteiger charge is -2.32. The van der Waals surface area contributed by atoms with E-state index in [2.05, 4.69) is 19.9 Å². The maximum absolute atomic E-state index is 12.9. The summed E-state index contributed by atoms with van der Waals surface area (Å²) in [4.78, 5) is 31.1. The molecule has 256 valence electrons. The van der Waals surface area contributed by atoms with Crippen LogP contribution in [-0.2, 0) is 33.2 Å². The van der Waals surface area contributed by atoms with Crippen LogP contribution in [0.4, 0.5) is 5.82 Å². The molecule has 5 heterocycles. The number of pyridine rings is 1. The number of likely N-dealkylation sites (tertiary alicyclic amines) is 1. The molecule has 0 atom stereocenters. The second kappa shape index (κ2) is 18.6. The third-order valence-corrected chi connectivity index (χ3v) is 7.88. The van der Waals surface area contributed by atoms with Gasteiger partial charge in [0.15, 0.2) is 5.65 Å². The van der Waals surface area contributed by atoms with E-state index in [1.54, 1.807) is 6.20 Å². The molecule has 15 heteroatoms. The Kier molecular flexibility index (Phi) is 13.7. The standard InChI is InChI=1S/C32H46N8O7/c1-2-42-11-12-44-15-16-46-19-20-47-18-17-45-14-13-43-10-6-27(41)39-8-4-26(5-9-39)40-32-28(30(33)36-23-37-32)29(38-40)25-21-24-3-7-34-31(24)35-22-25/h3,7,21-23,26H,2,4-6,8-20H2,1H3,(H,34,35)(H2,33,36,37). The van der Waals surface area contributed by atoms with Gasteiger partial charge in [-0.1, -0.05) is 0 Å². The van der Waals surface area contributed by atoms with Gasteiger partial charge in [0.1, 0.15) is 23.5 Å². The van der Waals surface area contributed by atoms with E-state index < -0.39 is 0 Å². The molecule has 0 radical (unpaired) electrons. The molecule has 0 aliphatic carbocycles. The molecule has 0 bridgehead atoms. The van der Waals surface area contributed by atoms with Crippen LogP contribution in [0.3, 0.4) is 0 Å². The second-order valence-electron chi connectivity index (χ2n) is 11.0. The average Bonchev–Trinajstić information content (AvgIpc) is 3.73. The van der Waals surface area contributed by atoms with Crippen LogP contribution in [-0.4, -0.2) is 133 Å². The third-order valence-electron chi connectivity index (χ3n) is 7.88. The van der Waals surface area contributed by atoms with Gasteiger partial charge in [0.2, 0.25) is 5.91 Å². The van der Waals surface area contributed by atoms with Crippen molar-refractivity contribution in [1.82, 2.24) is 34.6 Å². The Balaban J connectivity index is 0.943. The van der Waals surface area contributed by atoms with E-state index in [4.69, 9.17) is 39.3 Å². The first-order valence-corrected chi connectivity index (χ1v) is 16.3. The number of carbonyl (C=O) groups is 1. The fraction of sp³-hybridized carbons (Fsp3) is 0.594. The lowest BCUT2D eigenvalue weighted by Crippen LogP contribution is -2.39. The van der Waals surface area contributed by atoms with Crippen molar-refractivity contribution in [3.63, 3.8) is 0 Å². The smallest absolute Gasteiger partial charge is 0.224 e. The predicted molar refractivity (Wildman–Crippen MR) is 175 cm³/mol. The van der Waals surface area contributed by atoms with Gasteiger partial charge in [-0.15, -0.1) is 0 Å². The number of hydrogen-bond acceptors (Lipinski definition) is 12. The van der Waals surface area contributed by atoms with Crippen LogP contribution in [0.25, 0.3) is 33.3 Å². The average molecular weight is 655 g/mol. The molecule has 4 aromatic rings. The summed E-state index contributed by atoms with van der Waals surface area (Å²) in [7, 11) is 0. The lowest BCUT2D eigenvalue weighted by molar-refractivity contribution is -0.133. The first kappa shape index (κ1) is 34.6. The van der Waals surface area contributed by atoms with E-state index in [1.807, 2.05) is 34.8 Å². The van der Waals surface area contributed by atoms with Gasteiger partial charge in [0.05, 0.1) is 90.5 Å². The fourth-order valence-electron chi connectivity index (χ4n) is 5.44. The normalized spacial score (nSPS) is 14.1. The van der Waals surface area contributed by atoms with Crippen LogP contribution in [0, 0.1) is 0 Å². The number of ether oxygens (including phenoxy) is 6. The van der Waals surface area contributed by atoms with Gasteiger partial charge < -0.3 is 44.0 Å². The van der Waals surface area contributed by atoms with E-state index in [0.29, 0.717) is 121 Å². The summed E-state index contributed by atoms with van der Waals surface area (Å²) in [5.74, 6) is 0.463. The van der Waals surface area contributed by atoms with Crippen LogP contribution in [0.15, 0.2) is 30.9 Å². The van der Waals surface area contributed by atoms with Crippen molar-refractivity contribution in [2.45, 2.75) is 32.2 Å². The van der Waals surface area contributed by atoms with E-state index in [9.17, 15) is 4.79 Å². The maximum Gasteiger partial charge on any atom is 0.224 e. The molecule has 1 aliphatic heterocycles. The van der Waals surface area contributed by atoms with Gasteiger partial charge in [0.25, 0.3) is 0 Å². The number of aromatic nitrogens is 6. The molecule has 1 fully saturated rings. The van der Waals surface area contributed by atoms with Crippen molar-refractivity contribution in [3.05, 3.63) is 30.9 Å². The highest BCUT2D eigenvalue weighted by Gasteiger charge is 2.28. The number of H-pyrrole nitrogens is 1. The molecule has 1 aliphatic rings. The van der Waals surface area contributed by atoms with Gasteiger partial charge in [-0.25, -0.2) is 19.6 Å². The highest BCUT2D eigenvalue weighted by Crippen LogP contribution is 2.34. The van der Waals surface area contributed by atoms with Crippen molar-refractivity contribution in [2.75, 3.05) is 98.1 Å². The molecule has 0 aromatic carbocycles. The number of anilines is 1. The summed E-state index contributed by atoms with van der Waals surface area (Å²) in [6.07, 6.45) is 6.95. The molecule has 15 nitrogen and oxygen atoms in total. The Morgan fingerprint density at radius 1 is 0.872 bits per heavy atom. The first-order chi connectivity index (χ1) is 23.2. The van der Waals surface area contributed by atoms with Crippen molar-refractivity contribution in [2.24, 2.45) is 0 Å². The molecular weight excluding hydrogens is 608 g/mol. The van der Waals surface area contributed by atoms with Crippen molar-refractivity contribution in [1.29, 1.82) is 0 Å². The summed E-state index contributed by atoms with van der Waals surface area (Å²) < 4.78 is 34.6. The predicted octanol–water partition coefficient (Wildman–Crippen LogP) is 2.62. The van der Waals surface area contributed by atoms with Crippen molar-refractivity contribution < 1.29 is 33.2 Å². The fourth-order valence-corrected chi connectivity index (χ4v) is 5.44. The molecular formula is C32H46N8O7. The summed E-state index contributed by atoms with van der Waals surface area (Å²) in [5.41, 5.74) is 9.36. The molecule has 3 N–H and O–H groups in total. The number of rotatable bonds is 21. The number of aromatic amines is 1. The Bertz CT molecular complexity index is 1520. The van der Waals surface area contributed by atoms with E-state index in [0.717, 1.165) is 29.4 Å². The van der Waals surface area contributed by atoms with Gasteiger partial charge in [-0.2, -0.15) is 5.10 Å². The minimum absolute atomic E-state index is 0.0778. The molecule has 47 heavy (non-hydrogen) atoms. The number of piperidine rings is 1. The zero-order chi connectivity index (χ0) is 32.7. The summed E-state index contributed by atoms with van der Waals surface area (Å²) >= 11 is 0. The largest absolute Gasteiger partial charge is 0.383 e. The zero-order valence-corrected chi connectivity index (χ0v) is 27.1. The Morgan fingerprint density at radius 2 is 1.49 bits per heavy atom. The maximum atomic E-state index is 12.9. The quantitative estimate of drug-likeness (QED) is 0.126. The molecule has 0 spiro atoms. The summed E-state index contributed by atoms with van der Waals surface area (Å²) in [5, 5.41) is 6.66. The van der Waals surface area contributed by atoms with E-state index >= 15 is 0 Å². The Labute approximate surface area is 274 Å². The lowest BCUT2D eigenvalue weighted by atomic mass is 10.0. The Morgan fingerprint density at radius 3 is 2.13 bits per heavy atom. The van der Waals surface area contributed by atoms with E-state index in [-0.39, 0.29) is 11.9 Å². The van der Waals surface area contributed by atoms with Crippen molar-refractivity contribution in [3.8, 4) is 11.3 Å². The van der Waals surface area contributed by atoms with Gasteiger partial charge in [-0.05, 0) is 31.9 Å². The summed E-state index contributed by atoms with van der Waals surface area (Å²) in [6, 6.07) is 4.08. The van der Waals surface area contributed by atoms with Gasteiger partial charge in [0, 0.05) is 43.0 Å². The Hall–Kier alpha value is -3.73. The molecule has 4 aromatic heterocycles. The zero-order valence-electron chi connectivity index (χ0n) is 27.1. The van der Waals surface area contributed by atoms with E-state index in [1.165, 1.54) is 6.33 Å². The highest BCUT2D eigenvalue weighted by molar-refractivity contribution is 5.99. The van der Waals surface area contributed by atoms with Crippen LogP contribution in [0.1, 0.15) is 32.2 Å². The molecule has 5 rings (SSSR count). The van der Waals surface area contributed by atoms with Gasteiger partial charge >= 0.3 is 0 Å². The topological polar surface area (TPSA) is 174 Å². The molecule has 1 amide bonds. The number of hydrogen-bond donors (Lipinski definition) is 2. The van der Waals surface area contributed by atoms with Crippen LogP contribution in [0.2, 0.25) is 0 Å². The third kappa shape index (κ3) is 9.89. The molecule has 0 saturated carbocycles. The number of nitrogens with one attached hydrogen (secondary N) is 1. The van der Waals surface area contributed by atoms with Crippen LogP contribution >= 0.6 is 0 Å².